The number of aryl methyl sites for hydroxylation is 2. The second kappa shape index (κ2) is 6.79. The SMILES string of the molecule is Cc1cccc(NC(=O)c2cc(NC3CCS(=O)(=O)C3)nc(C)n2)c1. The van der Waals surface area contributed by atoms with Gasteiger partial charge in [-0.1, -0.05) is 12.1 Å². The van der Waals surface area contributed by atoms with Crippen LogP contribution in [0.15, 0.2) is 30.3 Å². The summed E-state index contributed by atoms with van der Waals surface area (Å²) in [4.78, 5) is 20.9. The molecule has 0 spiro atoms. The third-order valence-electron chi connectivity index (χ3n) is 3.93. The number of aromatic nitrogens is 2. The molecule has 1 aromatic carbocycles. The van der Waals surface area contributed by atoms with E-state index in [1.165, 1.54) is 0 Å². The molecular weight excluding hydrogens is 340 g/mol. The highest BCUT2D eigenvalue weighted by atomic mass is 32.2. The molecule has 0 radical (unpaired) electrons. The molecule has 1 atom stereocenters. The van der Waals surface area contributed by atoms with Gasteiger partial charge in [0.1, 0.15) is 17.3 Å². The summed E-state index contributed by atoms with van der Waals surface area (Å²) in [6, 6.07) is 8.84. The molecule has 1 aromatic heterocycles. The Bertz CT molecular complexity index is 912. The van der Waals surface area contributed by atoms with Crippen LogP contribution in [0.5, 0.6) is 0 Å². The molecule has 8 heteroatoms. The van der Waals surface area contributed by atoms with Gasteiger partial charge in [0.15, 0.2) is 9.84 Å². The van der Waals surface area contributed by atoms with Crippen molar-refractivity contribution in [2.75, 3.05) is 22.1 Å². The Kier molecular flexibility index (Phi) is 4.71. The van der Waals surface area contributed by atoms with Crippen LogP contribution in [-0.2, 0) is 9.84 Å². The van der Waals surface area contributed by atoms with Crippen LogP contribution in [0.4, 0.5) is 11.5 Å². The smallest absolute Gasteiger partial charge is 0.274 e. The second-order valence-corrected chi connectivity index (χ2v) is 8.48. The number of carbonyl (C=O) groups is 1. The van der Waals surface area contributed by atoms with Gasteiger partial charge in [-0.2, -0.15) is 0 Å². The lowest BCUT2D eigenvalue weighted by atomic mass is 10.2. The topological polar surface area (TPSA) is 101 Å². The minimum Gasteiger partial charge on any atom is -0.366 e. The summed E-state index contributed by atoms with van der Waals surface area (Å²) < 4.78 is 23.1. The highest BCUT2D eigenvalue weighted by Gasteiger charge is 2.28. The van der Waals surface area contributed by atoms with Crippen LogP contribution in [0.25, 0.3) is 0 Å². The van der Waals surface area contributed by atoms with E-state index in [0.29, 0.717) is 23.8 Å². The summed E-state index contributed by atoms with van der Waals surface area (Å²) in [6.07, 6.45) is 0.538. The monoisotopic (exact) mass is 360 g/mol. The van der Waals surface area contributed by atoms with Crippen LogP contribution in [0, 0.1) is 13.8 Å². The fourth-order valence-electron chi connectivity index (χ4n) is 2.79. The van der Waals surface area contributed by atoms with Crippen molar-refractivity contribution in [3.8, 4) is 0 Å². The molecule has 0 aliphatic carbocycles. The highest BCUT2D eigenvalue weighted by Crippen LogP contribution is 2.18. The average molecular weight is 360 g/mol. The third-order valence-corrected chi connectivity index (χ3v) is 5.70. The van der Waals surface area contributed by atoms with Crippen LogP contribution in [0.3, 0.4) is 0 Å². The molecule has 1 amide bonds. The summed E-state index contributed by atoms with van der Waals surface area (Å²) >= 11 is 0. The van der Waals surface area contributed by atoms with E-state index in [2.05, 4.69) is 20.6 Å². The number of nitrogens with zero attached hydrogens (tertiary/aromatic N) is 2. The lowest BCUT2D eigenvalue weighted by Gasteiger charge is -2.13. The molecule has 2 N–H and O–H groups in total. The first-order valence-corrected chi connectivity index (χ1v) is 9.83. The van der Waals surface area contributed by atoms with Crippen LogP contribution < -0.4 is 10.6 Å². The maximum Gasteiger partial charge on any atom is 0.274 e. The lowest BCUT2D eigenvalue weighted by molar-refractivity contribution is 0.102. The van der Waals surface area contributed by atoms with E-state index in [4.69, 9.17) is 0 Å². The molecule has 1 unspecified atom stereocenters. The highest BCUT2D eigenvalue weighted by molar-refractivity contribution is 7.91. The first-order chi connectivity index (χ1) is 11.8. The molecule has 3 rings (SSSR count). The Balaban J connectivity index is 1.75. The standard InChI is InChI=1S/C17H20N4O3S/c1-11-4-3-5-13(8-11)21-17(22)15-9-16(19-12(2)18-15)20-14-6-7-25(23,24)10-14/h3-5,8-9,14H,6-7,10H2,1-2H3,(H,21,22)(H,18,19,20). The van der Waals surface area contributed by atoms with Gasteiger partial charge in [-0.05, 0) is 38.0 Å². The summed E-state index contributed by atoms with van der Waals surface area (Å²) in [7, 11) is -2.98. The van der Waals surface area contributed by atoms with Gasteiger partial charge in [-0.3, -0.25) is 4.79 Å². The van der Waals surface area contributed by atoms with Crippen molar-refractivity contribution in [1.29, 1.82) is 0 Å². The van der Waals surface area contributed by atoms with Gasteiger partial charge in [0, 0.05) is 17.8 Å². The normalized spacial score (nSPS) is 18.7. The summed E-state index contributed by atoms with van der Waals surface area (Å²) in [5.74, 6) is 0.832. The lowest BCUT2D eigenvalue weighted by Crippen LogP contribution is -2.22. The van der Waals surface area contributed by atoms with Crippen LogP contribution in [0.1, 0.15) is 28.3 Å². The number of rotatable bonds is 4. The van der Waals surface area contributed by atoms with Crippen molar-refractivity contribution in [3.05, 3.63) is 47.4 Å². The molecule has 2 aromatic rings. The zero-order valence-electron chi connectivity index (χ0n) is 14.1. The van der Waals surface area contributed by atoms with Crippen molar-refractivity contribution in [1.82, 2.24) is 9.97 Å². The minimum atomic E-state index is -2.98. The van der Waals surface area contributed by atoms with Crippen LogP contribution in [-0.4, -0.2) is 41.8 Å². The van der Waals surface area contributed by atoms with Crippen molar-refractivity contribution >= 4 is 27.2 Å². The molecule has 25 heavy (non-hydrogen) atoms. The Morgan fingerprint density at radius 3 is 2.68 bits per heavy atom. The quantitative estimate of drug-likeness (QED) is 0.864. The Labute approximate surface area is 146 Å². The van der Waals surface area contributed by atoms with E-state index in [1.54, 1.807) is 13.0 Å². The Morgan fingerprint density at radius 1 is 1.20 bits per heavy atom. The molecule has 1 saturated heterocycles. The fourth-order valence-corrected chi connectivity index (χ4v) is 4.47. The molecule has 1 aliphatic heterocycles. The van der Waals surface area contributed by atoms with Crippen molar-refractivity contribution < 1.29 is 13.2 Å². The van der Waals surface area contributed by atoms with Gasteiger partial charge in [-0.15, -0.1) is 0 Å². The number of sulfone groups is 1. The number of amides is 1. The summed E-state index contributed by atoms with van der Waals surface area (Å²) in [5.41, 5.74) is 1.97. The summed E-state index contributed by atoms with van der Waals surface area (Å²) in [5, 5.41) is 5.90. The van der Waals surface area contributed by atoms with E-state index in [0.717, 1.165) is 5.56 Å². The van der Waals surface area contributed by atoms with Crippen molar-refractivity contribution in [2.24, 2.45) is 0 Å². The predicted octanol–water partition coefficient (Wildman–Crippen LogP) is 1.94. The molecule has 1 aliphatic rings. The fraction of sp³-hybridized carbons (Fsp3) is 0.353. The van der Waals surface area contributed by atoms with Crippen molar-refractivity contribution in [2.45, 2.75) is 26.3 Å². The van der Waals surface area contributed by atoms with E-state index >= 15 is 0 Å². The molecule has 7 nitrogen and oxygen atoms in total. The first kappa shape index (κ1) is 17.3. The largest absolute Gasteiger partial charge is 0.366 e. The zero-order valence-corrected chi connectivity index (χ0v) is 14.9. The Morgan fingerprint density at radius 2 is 2.00 bits per heavy atom. The number of carbonyl (C=O) groups excluding carboxylic acids is 1. The number of benzene rings is 1. The van der Waals surface area contributed by atoms with E-state index in [1.807, 2.05) is 31.2 Å². The average Bonchev–Trinajstić information content (AvgIpc) is 2.85. The number of anilines is 2. The third kappa shape index (κ3) is 4.54. The summed E-state index contributed by atoms with van der Waals surface area (Å²) in [6.45, 7) is 3.64. The number of hydrogen-bond donors (Lipinski definition) is 2. The van der Waals surface area contributed by atoms with E-state index < -0.39 is 9.84 Å². The minimum absolute atomic E-state index is 0.0842. The maximum atomic E-state index is 12.4. The van der Waals surface area contributed by atoms with Gasteiger partial charge >= 0.3 is 0 Å². The van der Waals surface area contributed by atoms with Gasteiger partial charge in [0.2, 0.25) is 0 Å². The molecule has 0 bridgehead atoms. The number of hydrogen-bond acceptors (Lipinski definition) is 6. The van der Waals surface area contributed by atoms with Gasteiger partial charge < -0.3 is 10.6 Å². The first-order valence-electron chi connectivity index (χ1n) is 8.01. The molecule has 1 fully saturated rings. The van der Waals surface area contributed by atoms with Crippen molar-refractivity contribution in [3.63, 3.8) is 0 Å². The predicted molar refractivity (Wildman–Crippen MR) is 96.6 cm³/mol. The van der Waals surface area contributed by atoms with E-state index in [9.17, 15) is 13.2 Å². The maximum absolute atomic E-state index is 12.4. The molecule has 0 saturated carbocycles. The van der Waals surface area contributed by atoms with E-state index in [-0.39, 0.29) is 29.1 Å². The zero-order chi connectivity index (χ0) is 18.0. The molecule has 2 heterocycles. The van der Waals surface area contributed by atoms with Crippen LogP contribution >= 0.6 is 0 Å². The number of nitrogens with one attached hydrogen (secondary N) is 2. The second-order valence-electron chi connectivity index (χ2n) is 6.25. The molecule has 132 valence electrons. The van der Waals surface area contributed by atoms with Gasteiger partial charge in [0.05, 0.1) is 11.5 Å². The van der Waals surface area contributed by atoms with Gasteiger partial charge in [0.25, 0.3) is 5.91 Å². The molecular formula is C17H20N4O3S. The van der Waals surface area contributed by atoms with Gasteiger partial charge in [-0.25, -0.2) is 18.4 Å². The Hall–Kier alpha value is -2.48. The van der Waals surface area contributed by atoms with Crippen LogP contribution in [0.2, 0.25) is 0 Å².